The lowest BCUT2D eigenvalue weighted by Crippen LogP contribution is -2.41. The zero-order valence-corrected chi connectivity index (χ0v) is 11.1. The second-order valence-electron chi connectivity index (χ2n) is 5.33. The predicted molar refractivity (Wildman–Crippen MR) is 72.1 cm³/mol. The number of hydrogen-bond acceptors (Lipinski definition) is 3. The summed E-state index contributed by atoms with van der Waals surface area (Å²) in [4.78, 5) is 6.84. The van der Waals surface area contributed by atoms with Gasteiger partial charge in [0, 0.05) is 42.3 Å². The fraction of sp³-hybridized carbons (Fsp3) is 0.643. The standard InChI is InChI=1S/C14H23N3/c1-10-4-5-17(12(3)6-10)14-7-11(2)16-9-13(14)8-15/h7,9-10,12H,4-6,8,15H2,1-3H3. The van der Waals surface area contributed by atoms with Crippen molar-refractivity contribution in [3.8, 4) is 0 Å². The van der Waals surface area contributed by atoms with E-state index < -0.39 is 0 Å². The molecule has 3 nitrogen and oxygen atoms in total. The topological polar surface area (TPSA) is 42.1 Å². The van der Waals surface area contributed by atoms with Gasteiger partial charge < -0.3 is 10.6 Å². The monoisotopic (exact) mass is 233 g/mol. The number of nitrogens with zero attached hydrogens (tertiary/aromatic N) is 2. The fourth-order valence-electron chi connectivity index (χ4n) is 2.76. The summed E-state index contributed by atoms with van der Waals surface area (Å²) in [6, 6.07) is 2.78. The molecule has 3 heteroatoms. The summed E-state index contributed by atoms with van der Waals surface area (Å²) in [6.07, 6.45) is 4.47. The Morgan fingerprint density at radius 3 is 2.88 bits per heavy atom. The predicted octanol–water partition coefficient (Wildman–Crippen LogP) is 2.47. The molecule has 2 atom stereocenters. The molecule has 1 aromatic rings. The first-order valence-corrected chi connectivity index (χ1v) is 6.54. The van der Waals surface area contributed by atoms with Gasteiger partial charge in [-0.2, -0.15) is 0 Å². The van der Waals surface area contributed by atoms with Crippen LogP contribution in [0.5, 0.6) is 0 Å². The Morgan fingerprint density at radius 1 is 1.47 bits per heavy atom. The van der Waals surface area contributed by atoms with E-state index in [0.717, 1.165) is 23.7 Å². The average Bonchev–Trinajstić information content (AvgIpc) is 2.29. The number of anilines is 1. The van der Waals surface area contributed by atoms with Crippen molar-refractivity contribution in [1.82, 2.24) is 4.98 Å². The van der Waals surface area contributed by atoms with Gasteiger partial charge in [-0.05, 0) is 38.7 Å². The summed E-state index contributed by atoms with van der Waals surface area (Å²) < 4.78 is 0. The van der Waals surface area contributed by atoms with E-state index in [0.29, 0.717) is 12.6 Å². The number of hydrogen-bond donors (Lipinski definition) is 1. The van der Waals surface area contributed by atoms with Crippen molar-refractivity contribution in [2.24, 2.45) is 11.7 Å². The van der Waals surface area contributed by atoms with E-state index in [1.165, 1.54) is 18.5 Å². The van der Waals surface area contributed by atoms with Crippen LogP contribution in [0.25, 0.3) is 0 Å². The first-order chi connectivity index (χ1) is 8.11. The number of pyridine rings is 1. The fourth-order valence-corrected chi connectivity index (χ4v) is 2.76. The Kier molecular flexibility index (Phi) is 3.67. The largest absolute Gasteiger partial charge is 0.368 e. The van der Waals surface area contributed by atoms with E-state index in [-0.39, 0.29) is 0 Å². The zero-order valence-electron chi connectivity index (χ0n) is 11.1. The molecule has 1 aliphatic heterocycles. The van der Waals surface area contributed by atoms with Gasteiger partial charge in [0.1, 0.15) is 0 Å². The minimum absolute atomic E-state index is 0.571. The number of piperidine rings is 1. The smallest absolute Gasteiger partial charge is 0.0447 e. The molecule has 2 rings (SSSR count). The minimum Gasteiger partial charge on any atom is -0.368 e. The molecular formula is C14H23N3. The van der Waals surface area contributed by atoms with Gasteiger partial charge in [-0.15, -0.1) is 0 Å². The molecular weight excluding hydrogens is 210 g/mol. The van der Waals surface area contributed by atoms with Gasteiger partial charge in [0.2, 0.25) is 0 Å². The molecule has 1 aromatic heterocycles. The lowest BCUT2D eigenvalue weighted by molar-refractivity contribution is 0.377. The third-order valence-electron chi connectivity index (χ3n) is 3.77. The van der Waals surface area contributed by atoms with Crippen LogP contribution in [-0.4, -0.2) is 17.6 Å². The SMILES string of the molecule is Cc1cc(N2CCC(C)CC2C)c(CN)cn1. The van der Waals surface area contributed by atoms with Gasteiger partial charge in [0.05, 0.1) is 0 Å². The van der Waals surface area contributed by atoms with Crippen molar-refractivity contribution in [2.45, 2.75) is 46.2 Å². The molecule has 0 aliphatic carbocycles. The van der Waals surface area contributed by atoms with Crippen molar-refractivity contribution >= 4 is 5.69 Å². The van der Waals surface area contributed by atoms with E-state index >= 15 is 0 Å². The molecule has 1 fully saturated rings. The number of aromatic nitrogens is 1. The van der Waals surface area contributed by atoms with Crippen molar-refractivity contribution in [2.75, 3.05) is 11.4 Å². The Labute approximate surface area is 104 Å². The third-order valence-corrected chi connectivity index (χ3v) is 3.77. The average molecular weight is 233 g/mol. The summed E-state index contributed by atoms with van der Waals surface area (Å²) in [7, 11) is 0. The van der Waals surface area contributed by atoms with E-state index in [4.69, 9.17) is 5.73 Å². The molecule has 2 N–H and O–H groups in total. The summed E-state index contributed by atoms with van der Waals surface area (Å²) in [5.74, 6) is 0.838. The second-order valence-corrected chi connectivity index (χ2v) is 5.33. The van der Waals surface area contributed by atoms with Crippen LogP contribution >= 0.6 is 0 Å². The van der Waals surface area contributed by atoms with E-state index in [2.05, 4.69) is 29.8 Å². The molecule has 2 unspecified atom stereocenters. The summed E-state index contributed by atoms with van der Waals surface area (Å²) in [5.41, 5.74) is 9.34. The number of rotatable bonds is 2. The molecule has 17 heavy (non-hydrogen) atoms. The molecule has 2 heterocycles. The highest BCUT2D eigenvalue weighted by Gasteiger charge is 2.24. The van der Waals surface area contributed by atoms with E-state index in [1.807, 2.05) is 13.1 Å². The molecule has 0 spiro atoms. The first-order valence-electron chi connectivity index (χ1n) is 6.54. The van der Waals surface area contributed by atoms with Gasteiger partial charge in [-0.25, -0.2) is 0 Å². The highest BCUT2D eigenvalue weighted by Crippen LogP contribution is 2.30. The quantitative estimate of drug-likeness (QED) is 0.853. The van der Waals surface area contributed by atoms with Gasteiger partial charge in [0.25, 0.3) is 0 Å². The van der Waals surface area contributed by atoms with Crippen LogP contribution in [0.3, 0.4) is 0 Å². The second kappa shape index (κ2) is 5.05. The van der Waals surface area contributed by atoms with Crippen LogP contribution < -0.4 is 10.6 Å². The Balaban J connectivity index is 2.29. The van der Waals surface area contributed by atoms with Crippen LogP contribution in [0.15, 0.2) is 12.3 Å². The summed E-state index contributed by atoms with van der Waals surface area (Å²) >= 11 is 0. The van der Waals surface area contributed by atoms with Gasteiger partial charge in [0.15, 0.2) is 0 Å². The first kappa shape index (κ1) is 12.4. The molecule has 1 saturated heterocycles. The Bertz CT molecular complexity index is 389. The van der Waals surface area contributed by atoms with Gasteiger partial charge >= 0.3 is 0 Å². The maximum absolute atomic E-state index is 5.81. The van der Waals surface area contributed by atoms with Crippen LogP contribution in [0, 0.1) is 12.8 Å². The zero-order chi connectivity index (χ0) is 12.4. The third kappa shape index (κ3) is 2.60. The van der Waals surface area contributed by atoms with Crippen LogP contribution in [0.2, 0.25) is 0 Å². The summed E-state index contributed by atoms with van der Waals surface area (Å²) in [5, 5.41) is 0. The normalized spacial score (nSPS) is 25.1. The minimum atomic E-state index is 0.571. The lowest BCUT2D eigenvalue weighted by Gasteiger charge is -2.39. The van der Waals surface area contributed by atoms with Gasteiger partial charge in [-0.3, -0.25) is 4.98 Å². The van der Waals surface area contributed by atoms with Gasteiger partial charge in [-0.1, -0.05) is 6.92 Å². The Morgan fingerprint density at radius 2 is 2.24 bits per heavy atom. The van der Waals surface area contributed by atoms with E-state index in [1.54, 1.807) is 0 Å². The number of nitrogens with two attached hydrogens (primary N) is 1. The molecule has 0 saturated carbocycles. The molecule has 0 aromatic carbocycles. The van der Waals surface area contributed by atoms with E-state index in [9.17, 15) is 0 Å². The molecule has 0 bridgehead atoms. The molecule has 94 valence electrons. The molecule has 1 aliphatic rings. The van der Waals surface area contributed by atoms with Crippen molar-refractivity contribution < 1.29 is 0 Å². The number of aryl methyl sites for hydroxylation is 1. The van der Waals surface area contributed by atoms with Crippen LogP contribution in [-0.2, 0) is 6.54 Å². The van der Waals surface area contributed by atoms with Crippen molar-refractivity contribution in [3.63, 3.8) is 0 Å². The highest BCUT2D eigenvalue weighted by molar-refractivity contribution is 5.54. The molecule has 0 amide bonds. The van der Waals surface area contributed by atoms with Crippen LogP contribution in [0.4, 0.5) is 5.69 Å². The van der Waals surface area contributed by atoms with Crippen LogP contribution in [0.1, 0.15) is 37.9 Å². The lowest BCUT2D eigenvalue weighted by atomic mass is 9.92. The Hall–Kier alpha value is -1.09. The maximum atomic E-state index is 5.81. The summed E-state index contributed by atoms with van der Waals surface area (Å²) in [6.45, 7) is 8.41. The van der Waals surface area contributed by atoms with Crippen molar-refractivity contribution in [3.05, 3.63) is 23.5 Å². The highest BCUT2D eigenvalue weighted by atomic mass is 15.2. The van der Waals surface area contributed by atoms with Crippen molar-refractivity contribution in [1.29, 1.82) is 0 Å². The molecule has 0 radical (unpaired) electrons. The maximum Gasteiger partial charge on any atom is 0.0447 e.